The molecular formula is C10H15NO4. The monoisotopic (exact) mass is 213 g/mol. The van der Waals surface area contributed by atoms with Gasteiger partial charge in [-0.3, -0.25) is 14.5 Å². The molecule has 0 N–H and O–H groups in total. The summed E-state index contributed by atoms with van der Waals surface area (Å²) in [5, 5.41) is 0. The fourth-order valence-electron chi connectivity index (χ4n) is 2.25. The molecule has 0 spiro atoms. The lowest BCUT2D eigenvalue weighted by atomic mass is 10.1. The van der Waals surface area contributed by atoms with Crippen LogP contribution in [0.25, 0.3) is 0 Å². The summed E-state index contributed by atoms with van der Waals surface area (Å²) in [6.45, 7) is 1.90. The second-order valence-corrected chi connectivity index (χ2v) is 3.98. The van der Waals surface area contributed by atoms with Crippen molar-refractivity contribution in [3.8, 4) is 0 Å². The molecule has 2 heterocycles. The van der Waals surface area contributed by atoms with Crippen LogP contribution in [0.1, 0.15) is 12.8 Å². The summed E-state index contributed by atoms with van der Waals surface area (Å²) >= 11 is 0. The van der Waals surface area contributed by atoms with Crippen LogP contribution in [0, 0.1) is 5.92 Å². The molecule has 0 aliphatic carbocycles. The Morgan fingerprint density at radius 1 is 1.53 bits per heavy atom. The van der Waals surface area contributed by atoms with Crippen molar-refractivity contribution >= 4 is 11.9 Å². The number of esters is 2. The zero-order valence-corrected chi connectivity index (χ0v) is 8.77. The highest BCUT2D eigenvalue weighted by atomic mass is 16.5. The first kappa shape index (κ1) is 10.4. The summed E-state index contributed by atoms with van der Waals surface area (Å²) in [6, 6.07) is -0.139. The van der Waals surface area contributed by atoms with Crippen LogP contribution in [0.2, 0.25) is 0 Å². The average molecular weight is 213 g/mol. The van der Waals surface area contributed by atoms with Crippen molar-refractivity contribution in [3.05, 3.63) is 0 Å². The topological polar surface area (TPSA) is 55.8 Å². The number of nitrogens with zero attached hydrogens (tertiary/aromatic N) is 1. The first-order valence-corrected chi connectivity index (χ1v) is 5.21. The van der Waals surface area contributed by atoms with Crippen LogP contribution < -0.4 is 0 Å². The SMILES string of the molecule is COC(=O)C1CCN(C2CCOC2=O)C1. The highest BCUT2D eigenvalue weighted by Gasteiger charge is 2.38. The molecule has 15 heavy (non-hydrogen) atoms. The predicted octanol–water partition coefficient (Wildman–Crippen LogP) is -0.203. The number of hydrogen-bond acceptors (Lipinski definition) is 5. The molecule has 2 aliphatic heterocycles. The molecule has 0 aromatic carbocycles. The zero-order chi connectivity index (χ0) is 10.8. The Morgan fingerprint density at radius 3 is 2.93 bits per heavy atom. The van der Waals surface area contributed by atoms with E-state index in [1.807, 2.05) is 4.90 Å². The molecule has 2 fully saturated rings. The number of methoxy groups -OCH3 is 1. The van der Waals surface area contributed by atoms with E-state index in [0.29, 0.717) is 13.2 Å². The molecule has 2 saturated heterocycles. The molecule has 0 amide bonds. The Bertz CT molecular complexity index is 279. The summed E-state index contributed by atoms with van der Waals surface area (Å²) in [6.07, 6.45) is 1.52. The minimum absolute atomic E-state index is 0.0802. The number of carbonyl (C=O) groups excluding carboxylic acids is 2. The maximum atomic E-state index is 11.3. The second-order valence-electron chi connectivity index (χ2n) is 3.98. The maximum Gasteiger partial charge on any atom is 0.323 e. The van der Waals surface area contributed by atoms with Crippen molar-refractivity contribution in [2.75, 3.05) is 26.8 Å². The van der Waals surface area contributed by atoms with Gasteiger partial charge in [-0.05, 0) is 13.0 Å². The number of likely N-dealkylation sites (tertiary alicyclic amines) is 1. The Hall–Kier alpha value is -1.10. The average Bonchev–Trinajstić information content (AvgIpc) is 2.84. The van der Waals surface area contributed by atoms with Crippen LogP contribution >= 0.6 is 0 Å². The fraction of sp³-hybridized carbons (Fsp3) is 0.800. The van der Waals surface area contributed by atoms with Crippen LogP contribution in [0.4, 0.5) is 0 Å². The maximum absolute atomic E-state index is 11.3. The van der Waals surface area contributed by atoms with Crippen LogP contribution in [0.5, 0.6) is 0 Å². The minimum Gasteiger partial charge on any atom is -0.469 e. The highest BCUT2D eigenvalue weighted by Crippen LogP contribution is 2.23. The summed E-state index contributed by atoms with van der Waals surface area (Å²) in [7, 11) is 1.40. The molecule has 5 nitrogen and oxygen atoms in total. The predicted molar refractivity (Wildman–Crippen MR) is 51.1 cm³/mol. The molecule has 0 aromatic rings. The van der Waals surface area contributed by atoms with Gasteiger partial charge >= 0.3 is 11.9 Å². The van der Waals surface area contributed by atoms with Crippen molar-refractivity contribution in [1.82, 2.24) is 4.90 Å². The van der Waals surface area contributed by atoms with Gasteiger partial charge in [0.05, 0.1) is 19.6 Å². The first-order chi connectivity index (χ1) is 7.22. The van der Waals surface area contributed by atoms with E-state index in [1.54, 1.807) is 0 Å². The van der Waals surface area contributed by atoms with E-state index in [4.69, 9.17) is 9.47 Å². The molecule has 2 atom stereocenters. The Labute approximate surface area is 88.3 Å². The van der Waals surface area contributed by atoms with Crippen LogP contribution in [0.3, 0.4) is 0 Å². The number of hydrogen-bond donors (Lipinski definition) is 0. The Kier molecular flexibility index (Phi) is 2.90. The van der Waals surface area contributed by atoms with Crippen LogP contribution in [-0.2, 0) is 19.1 Å². The fourth-order valence-corrected chi connectivity index (χ4v) is 2.25. The van der Waals surface area contributed by atoms with E-state index in [9.17, 15) is 9.59 Å². The minimum atomic E-state index is -0.177. The number of rotatable bonds is 2. The van der Waals surface area contributed by atoms with Gasteiger partial charge in [0.25, 0.3) is 0 Å². The van der Waals surface area contributed by atoms with E-state index in [2.05, 4.69) is 0 Å². The molecule has 0 saturated carbocycles. The number of carbonyl (C=O) groups is 2. The summed E-state index contributed by atoms with van der Waals surface area (Å²) in [5.74, 6) is -0.409. The van der Waals surface area contributed by atoms with Crippen molar-refractivity contribution in [1.29, 1.82) is 0 Å². The number of cyclic esters (lactones) is 1. The second kappa shape index (κ2) is 4.18. The van der Waals surface area contributed by atoms with E-state index in [-0.39, 0.29) is 23.9 Å². The molecule has 2 aliphatic rings. The summed E-state index contributed by atoms with van der Waals surface area (Å²) in [5.41, 5.74) is 0. The quantitative estimate of drug-likeness (QED) is 0.594. The zero-order valence-electron chi connectivity index (χ0n) is 8.77. The van der Waals surface area contributed by atoms with E-state index < -0.39 is 0 Å². The molecule has 5 heteroatoms. The lowest BCUT2D eigenvalue weighted by molar-refractivity contribution is -0.146. The van der Waals surface area contributed by atoms with Gasteiger partial charge in [-0.25, -0.2) is 0 Å². The molecule has 2 unspecified atom stereocenters. The normalized spacial score (nSPS) is 31.7. The Morgan fingerprint density at radius 2 is 2.33 bits per heavy atom. The van der Waals surface area contributed by atoms with Gasteiger partial charge in [0.2, 0.25) is 0 Å². The molecular weight excluding hydrogens is 198 g/mol. The van der Waals surface area contributed by atoms with Gasteiger partial charge in [0.15, 0.2) is 0 Å². The van der Waals surface area contributed by atoms with Crippen molar-refractivity contribution in [2.24, 2.45) is 5.92 Å². The van der Waals surface area contributed by atoms with Crippen LogP contribution in [0.15, 0.2) is 0 Å². The summed E-state index contributed by atoms with van der Waals surface area (Å²) in [4.78, 5) is 24.6. The van der Waals surface area contributed by atoms with Gasteiger partial charge in [0, 0.05) is 13.0 Å². The largest absolute Gasteiger partial charge is 0.469 e. The van der Waals surface area contributed by atoms with Gasteiger partial charge in [0.1, 0.15) is 6.04 Å². The van der Waals surface area contributed by atoms with Gasteiger partial charge in [-0.15, -0.1) is 0 Å². The van der Waals surface area contributed by atoms with E-state index in [0.717, 1.165) is 19.4 Å². The van der Waals surface area contributed by atoms with Crippen LogP contribution in [-0.4, -0.2) is 49.7 Å². The molecule has 0 radical (unpaired) electrons. The molecule has 84 valence electrons. The van der Waals surface area contributed by atoms with Crippen molar-refractivity contribution < 1.29 is 19.1 Å². The van der Waals surface area contributed by atoms with Gasteiger partial charge in [-0.1, -0.05) is 0 Å². The van der Waals surface area contributed by atoms with Gasteiger partial charge in [-0.2, -0.15) is 0 Å². The van der Waals surface area contributed by atoms with Crippen molar-refractivity contribution in [2.45, 2.75) is 18.9 Å². The third kappa shape index (κ3) is 1.97. The molecule has 0 bridgehead atoms. The standard InChI is InChI=1S/C10H15NO4/c1-14-9(12)7-2-4-11(6-7)8-3-5-15-10(8)13/h7-8H,2-6H2,1H3. The highest BCUT2D eigenvalue weighted by molar-refractivity contribution is 5.78. The van der Waals surface area contributed by atoms with E-state index >= 15 is 0 Å². The molecule has 0 aromatic heterocycles. The van der Waals surface area contributed by atoms with Gasteiger partial charge < -0.3 is 9.47 Å². The van der Waals surface area contributed by atoms with E-state index in [1.165, 1.54) is 7.11 Å². The smallest absolute Gasteiger partial charge is 0.323 e. The lowest BCUT2D eigenvalue weighted by Crippen LogP contribution is -2.37. The van der Waals surface area contributed by atoms with Crippen molar-refractivity contribution in [3.63, 3.8) is 0 Å². The summed E-state index contributed by atoms with van der Waals surface area (Å²) < 4.78 is 9.59. The first-order valence-electron chi connectivity index (χ1n) is 5.21. The Balaban J connectivity index is 1.92. The number of ether oxygens (including phenoxy) is 2. The molecule has 2 rings (SSSR count). The third-order valence-corrected chi connectivity index (χ3v) is 3.10. The third-order valence-electron chi connectivity index (χ3n) is 3.10. The lowest BCUT2D eigenvalue weighted by Gasteiger charge is -2.19.